The van der Waals surface area contributed by atoms with Crippen LogP contribution < -0.4 is 11.1 Å². The second kappa shape index (κ2) is 7.28. The standard InChI is InChI=1S/C14H21N3OS/c1-19-9-5-3-2-4-8-16-14-17-12-10-11(15)6-7-13(12)18-14/h6-7,10H,2-5,8-9,15H2,1H3,(H,16,17). The Kier molecular flexibility index (Phi) is 5.39. The van der Waals surface area contributed by atoms with Gasteiger partial charge in [-0.25, -0.2) is 0 Å². The zero-order valence-corrected chi connectivity index (χ0v) is 12.1. The number of anilines is 2. The van der Waals surface area contributed by atoms with Crippen LogP contribution in [0.5, 0.6) is 0 Å². The fraction of sp³-hybridized carbons (Fsp3) is 0.500. The van der Waals surface area contributed by atoms with Crippen LogP contribution in [0.25, 0.3) is 11.1 Å². The lowest BCUT2D eigenvalue weighted by Gasteiger charge is -2.01. The number of nitrogens with zero attached hydrogens (tertiary/aromatic N) is 1. The van der Waals surface area contributed by atoms with Crippen molar-refractivity contribution in [1.82, 2.24) is 4.98 Å². The Labute approximate surface area is 118 Å². The van der Waals surface area contributed by atoms with E-state index < -0.39 is 0 Å². The number of rotatable bonds is 8. The van der Waals surface area contributed by atoms with Crippen molar-refractivity contribution in [2.45, 2.75) is 25.7 Å². The Morgan fingerprint density at radius 3 is 2.95 bits per heavy atom. The molecule has 0 fully saturated rings. The normalized spacial score (nSPS) is 11.0. The minimum atomic E-state index is 0.588. The van der Waals surface area contributed by atoms with Gasteiger partial charge in [0.1, 0.15) is 5.52 Å². The van der Waals surface area contributed by atoms with Gasteiger partial charge in [-0.15, -0.1) is 0 Å². The number of hydrogen-bond donors (Lipinski definition) is 2. The molecule has 1 aromatic carbocycles. The number of nitrogens with one attached hydrogen (secondary N) is 1. The van der Waals surface area contributed by atoms with Crippen molar-refractivity contribution in [2.24, 2.45) is 0 Å². The molecule has 3 N–H and O–H groups in total. The van der Waals surface area contributed by atoms with Gasteiger partial charge in [0.05, 0.1) is 0 Å². The Morgan fingerprint density at radius 1 is 1.26 bits per heavy atom. The van der Waals surface area contributed by atoms with E-state index in [1.807, 2.05) is 30.0 Å². The summed E-state index contributed by atoms with van der Waals surface area (Å²) in [6, 6.07) is 6.09. The van der Waals surface area contributed by atoms with E-state index in [4.69, 9.17) is 10.2 Å². The third-order valence-corrected chi connectivity index (χ3v) is 3.66. The number of fused-ring (bicyclic) bond motifs is 1. The maximum Gasteiger partial charge on any atom is 0.295 e. The molecule has 2 rings (SSSR count). The van der Waals surface area contributed by atoms with Crippen molar-refractivity contribution in [3.05, 3.63) is 18.2 Å². The first-order valence-corrected chi connectivity index (χ1v) is 8.08. The van der Waals surface area contributed by atoms with E-state index in [0.717, 1.165) is 24.1 Å². The lowest BCUT2D eigenvalue weighted by Crippen LogP contribution is -2.01. The SMILES string of the molecule is CSCCCCCCNc1nc2cc(N)ccc2o1. The summed E-state index contributed by atoms with van der Waals surface area (Å²) in [7, 11) is 0. The van der Waals surface area contributed by atoms with Crippen molar-refractivity contribution in [1.29, 1.82) is 0 Å². The lowest BCUT2D eigenvalue weighted by atomic mass is 10.2. The highest BCUT2D eigenvalue weighted by Crippen LogP contribution is 2.20. The molecule has 19 heavy (non-hydrogen) atoms. The monoisotopic (exact) mass is 279 g/mol. The Balaban J connectivity index is 1.72. The van der Waals surface area contributed by atoms with E-state index in [1.165, 1.54) is 25.0 Å². The molecule has 0 aliphatic rings. The molecule has 0 spiro atoms. The van der Waals surface area contributed by atoms with Crippen molar-refractivity contribution >= 4 is 34.6 Å². The Hall–Kier alpha value is -1.36. The predicted octanol–water partition coefficient (Wildman–Crippen LogP) is 3.75. The molecule has 2 aromatic rings. The number of unbranched alkanes of at least 4 members (excludes halogenated alkanes) is 3. The van der Waals surface area contributed by atoms with Crippen LogP contribution in [0, 0.1) is 0 Å². The number of hydrogen-bond acceptors (Lipinski definition) is 5. The molecule has 0 radical (unpaired) electrons. The second-order valence-electron chi connectivity index (χ2n) is 4.58. The average Bonchev–Trinajstić information content (AvgIpc) is 2.79. The summed E-state index contributed by atoms with van der Waals surface area (Å²) in [6.45, 7) is 0.904. The fourth-order valence-electron chi connectivity index (χ4n) is 1.94. The van der Waals surface area contributed by atoms with E-state index in [0.29, 0.717) is 11.7 Å². The predicted molar refractivity (Wildman–Crippen MR) is 83.8 cm³/mol. The number of aromatic nitrogens is 1. The maximum absolute atomic E-state index is 5.71. The molecule has 5 heteroatoms. The van der Waals surface area contributed by atoms with Crippen molar-refractivity contribution in [2.75, 3.05) is 29.6 Å². The van der Waals surface area contributed by atoms with Crippen LogP contribution in [-0.2, 0) is 0 Å². The second-order valence-corrected chi connectivity index (χ2v) is 5.57. The summed E-state index contributed by atoms with van der Waals surface area (Å²) in [5.74, 6) is 1.26. The number of nitrogen functional groups attached to an aromatic ring is 1. The summed E-state index contributed by atoms with van der Waals surface area (Å²) in [5.41, 5.74) is 8.00. The molecular weight excluding hydrogens is 258 g/mol. The molecule has 0 unspecified atom stereocenters. The quantitative estimate of drug-likeness (QED) is 0.569. The molecule has 0 amide bonds. The minimum absolute atomic E-state index is 0.588. The van der Waals surface area contributed by atoms with E-state index in [9.17, 15) is 0 Å². The van der Waals surface area contributed by atoms with Gasteiger partial charge >= 0.3 is 0 Å². The van der Waals surface area contributed by atoms with Crippen molar-refractivity contribution in [3.63, 3.8) is 0 Å². The molecule has 104 valence electrons. The van der Waals surface area contributed by atoms with Gasteiger partial charge in [-0.1, -0.05) is 12.8 Å². The molecule has 1 heterocycles. The number of nitrogens with two attached hydrogens (primary N) is 1. The topological polar surface area (TPSA) is 64.1 Å². The molecule has 0 atom stereocenters. The first-order valence-electron chi connectivity index (χ1n) is 6.68. The van der Waals surface area contributed by atoms with Crippen LogP contribution in [0.15, 0.2) is 22.6 Å². The van der Waals surface area contributed by atoms with Gasteiger partial charge in [0.25, 0.3) is 6.01 Å². The summed E-state index contributed by atoms with van der Waals surface area (Å²) in [4.78, 5) is 4.36. The zero-order valence-electron chi connectivity index (χ0n) is 11.3. The van der Waals surface area contributed by atoms with Gasteiger partial charge < -0.3 is 15.5 Å². The highest BCUT2D eigenvalue weighted by Gasteiger charge is 2.04. The summed E-state index contributed by atoms with van der Waals surface area (Å²) in [5, 5.41) is 3.22. The van der Waals surface area contributed by atoms with E-state index >= 15 is 0 Å². The minimum Gasteiger partial charge on any atom is -0.424 e. The molecule has 0 aliphatic carbocycles. The third kappa shape index (κ3) is 4.35. The molecule has 1 aromatic heterocycles. The largest absolute Gasteiger partial charge is 0.424 e. The van der Waals surface area contributed by atoms with Crippen LogP contribution in [-0.4, -0.2) is 23.5 Å². The lowest BCUT2D eigenvalue weighted by molar-refractivity contribution is 0.606. The fourth-order valence-corrected chi connectivity index (χ4v) is 2.43. The first kappa shape index (κ1) is 14.1. The maximum atomic E-state index is 5.71. The van der Waals surface area contributed by atoms with Gasteiger partial charge in [-0.05, 0) is 43.0 Å². The number of oxazole rings is 1. The van der Waals surface area contributed by atoms with Gasteiger partial charge in [-0.2, -0.15) is 16.7 Å². The summed E-state index contributed by atoms with van der Waals surface area (Å²) >= 11 is 1.91. The van der Waals surface area contributed by atoms with Gasteiger partial charge in [0, 0.05) is 12.2 Å². The number of benzene rings is 1. The highest BCUT2D eigenvalue weighted by atomic mass is 32.2. The van der Waals surface area contributed by atoms with Crippen LogP contribution in [0.3, 0.4) is 0 Å². The van der Waals surface area contributed by atoms with E-state index in [-0.39, 0.29) is 0 Å². The average molecular weight is 279 g/mol. The van der Waals surface area contributed by atoms with Crippen molar-refractivity contribution in [3.8, 4) is 0 Å². The first-order chi connectivity index (χ1) is 9.29. The smallest absolute Gasteiger partial charge is 0.295 e. The van der Waals surface area contributed by atoms with Crippen LogP contribution in [0.2, 0.25) is 0 Å². The zero-order chi connectivity index (χ0) is 13.5. The molecule has 0 bridgehead atoms. The molecule has 0 saturated carbocycles. The highest BCUT2D eigenvalue weighted by molar-refractivity contribution is 7.98. The van der Waals surface area contributed by atoms with Crippen LogP contribution in [0.4, 0.5) is 11.7 Å². The molecule has 0 saturated heterocycles. The molecule has 4 nitrogen and oxygen atoms in total. The summed E-state index contributed by atoms with van der Waals surface area (Å²) in [6.07, 6.45) is 7.16. The molecule has 0 aliphatic heterocycles. The van der Waals surface area contributed by atoms with Crippen LogP contribution >= 0.6 is 11.8 Å². The third-order valence-electron chi connectivity index (χ3n) is 2.96. The molecular formula is C14H21N3OS. The van der Waals surface area contributed by atoms with Gasteiger partial charge in [0.2, 0.25) is 0 Å². The van der Waals surface area contributed by atoms with E-state index in [2.05, 4.69) is 16.6 Å². The van der Waals surface area contributed by atoms with Gasteiger partial charge in [0.15, 0.2) is 5.58 Å². The van der Waals surface area contributed by atoms with Crippen LogP contribution in [0.1, 0.15) is 25.7 Å². The summed E-state index contributed by atoms with van der Waals surface area (Å²) < 4.78 is 5.59. The Morgan fingerprint density at radius 2 is 2.11 bits per heavy atom. The Bertz CT molecular complexity index is 512. The van der Waals surface area contributed by atoms with Gasteiger partial charge in [-0.3, -0.25) is 0 Å². The van der Waals surface area contributed by atoms with Crippen molar-refractivity contribution < 1.29 is 4.42 Å². The number of thioether (sulfide) groups is 1. The van der Waals surface area contributed by atoms with E-state index in [1.54, 1.807) is 0 Å².